The summed E-state index contributed by atoms with van der Waals surface area (Å²) in [5, 5.41) is 23.6. The molecular formula is C21H24BrF3N2O6. The average molecular weight is 537 g/mol. The zero-order valence-electron chi connectivity index (χ0n) is 18.1. The molecule has 8 nitrogen and oxygen atoms in total. The molecule has 2 atom stereocenters. The summed E-state index contributed by atoms with van der Waals surface area (Å²) in [6.45, 7) is 1.11. The Morgan fingerprint density at radius 2 is 1.97 bits per heavy atom. The maximum absolute atomic E-state index is 13.7. The summed E-state index contributed by atoms with van der Waals surface area (Å²) in [6.07, 6.45) is -5.03. The molecule has 0 spiro atoms. The third kappa shape index (κ3) is 6.49. The Morgan fingerprint density at radius 3 is 2.52 bits per heavy atom. The number of aliphatic carboxylic acids is 1. The van der Waals surface area contributed by atoms with Crippen molar-refractivity contribution in [2.24, 2.45) is 0 Å². The lowest BCUT2D eigenvalue weighted by Crippen LogP contribution is -2.32. The van der Waals surface area contributed by atoms with Crippen molar-refractivity contribution in [3.8, 4) is 5.88 Å². The third-order valence-electron chi connectivity index (χ3n) is 4.77. The molecule has 182 valence electrons. The van der Waals surface area contributed by atoms with Crippen molar-refractivity contribution >= 4 is 27.5 Å². The SMILES string of the molecule is CCC(OC)C(O)Cn1nc(OCc2ccccc2/C(=C\OC)C(=O)O)c(C(F)(F)F)c1Br. The van der Waals surface area contributed by atoms with Gasteiger partial charge in [0.1, 0.15) is 16.8 Å². The van der Waals surface area contributed by atoms with E-state index < -0.39 is 47.0 Å². The number of carbonyl (C=O) groups is 1. The van der Waals surface area contributed by atoms with Gasteiger partial charge in [-0.1, -0.05) is 31.2 Å². The molecule has 0 amide bonds. The molecule has 0 aliphatic rings. The minimum Gasteiger partial charge on any atom is -0.503 e. The molecule has 0 aliphatic carbocycles. The second-order valence-electron chi connectivity index (χ2n) is 6.92. The number of hydrogen-bond acceptors (Lipinski definition) is 6. The lowest BCUT2D eigenvalue weighted by molar-refractivity contribution is -0.139. The molecule has 2 rings (SSSR count). The van der Waals surface area contributed by atoms with E-state index in [-0.39, 0.29) is 17.7 Å². The Kier molecular flexibility index (Phi) is 9.32. The number of carboxylic acid groups (broad SMARTS) is 1. The fourth-order valence-corrected chi connectivity index (χ4v) is 3.79. The minimum atomic E-state index is -4.80. The molecule has 0 saturated heterocycles. The van der Waals surface area contributed by atoms with E-state index in [1.807, 2.05) is 0 Å². The van der Waals surface area contributed by atoms with Crippen molar-refractivity contribution in [1.82, 2.24) is 9.78 Å². The van der Waals surface area contributed by atoms with Crippen molar-refractivity contribution < 1.29 is 42.4 Å². The Bertz CT molecular complexity index is 989. The van der Waals surface area contributed by atoms with Crippen molar-refractivity contribution in [2.75, 3.05) is 14.2 Å². The van der Waals surface area contributed by atoms with Crippen LogP contribution in [0.1, 0.15) is 30.0 Å². The van der Waals surface area contributed by atoms with Crippen molar-refractivity contribution in [3.63, 3.8) is 0 Å². The number of carboxylic acids is 1. The van der Waals surface area contributed by atoms with Crippen LogP contribution in [-0.4, -0.2) is 52.4 Å². The summed E-state index contributed by atoms with van der Waals surface area (Å²) in [4.78, 5) is 11.6. The minimum absolute atomic E-state index is 0.187. The molecule has 2 N–H and O–H groups in total. The Hall–Kier alpha value is -2.57. The van der Waals surface area contributed by atoms with Gasteiger partial charge >= 0.3 is 12.1 Å². The van der Waals surface area contributed by atoms with Crippen molar-refractivity contribution in [2.45, 2.75) is 44.9 Å². The quantitative estimate of drug-likeness (QED) is 0.329. The Labute approximate surface area is 196 Å². The molecule has 0 fully saturated rings. The van der Waals surface area contributed by atoms with Crippen molar-refractivity contribution in [3.05, 3.63) is 51.8 Å². The van der Waals surface area contributed by atoms with E-state index in [0.29, 0.717) is 12.0 Å². The van der Waals surface area contributed by atoms with Crippen molar-refractivity contribution in [1.29, 1.82) is 0 Å². The average Bonchev–Trinajstić information content (AvgIpc) is 3.06. The molecule has 0 radical (unpaired) electrons. The van der Waals surface area contributed by atoms with E-state index >= 15 is 0 Å². The van der Waals surface area contributed by atoms with E-state index in [1.54, 1.807) is 19.1 Å². The molecular weight excluding hydrogens is 513 g/mol. The van der Waals surface area contributed by atoms with Gasteiger partial charge in [0.05, 0.1) is 32.1 Å². The largest absolute Gasteiger partial charge is 0.503 e. The lowest BCUT2D eigenvalue weighted by atomic mass is 10.0. The first kappa shape index (κ1) is 26.7. The monoisotopic (exact) mass is 536 g/mol. The number of ether oxygens (including phenoxy) is 3. The van der Waals surface area contributed by atoms with Gasteiger partial charge < -0.3 is 24.4 Å². The number of alkyl halides is 3. The number of aliphatic hydroxyl groups excluding tert-OH is 1. The number of aromatic nitrogens is 2. The summed E-state index contributed by atoms with van der Waals surface area (Å²) >= 11 is 2.91. The number of aliphatic hydroxyl groups is 1. The predicted octanol–water partition coefficient (Wildman–Crippen LogP) is 4.10. The molecule has 2 unspecified atom stereocenters. The van der Waals surface area contributed by atoms with E-state index in [2.05, 4.69) is 21.0 Å². The van der Waals surface area contributed by atoms with Crippen LogP contribution < -0.4 is 4.74 Å². The van der Waals surface area contributed by atoms with E-state index in [1.165, 1.54) is 26.4 Å². The highest BCUT2D eigenvalue weighted by Gasteiger charge is 2.41. The van der Waals surface area contributed by atoms with Gasteiger partial charge in [-0.2, -0.15) is 13.2 Å². The summed E-state index contributed by atoms with van der Waals surface area (Å²) < 4.78 is 57.1. The molecule has 2 aromatic rings. The number of benzene rings is 1. The topological polar surface area (TPSA) is 103 Å². The maximum Gasteiger partial charge on any atom is 0.424 e. The summed E-state index contributed by atoms with van der Waals surface area (Å²) in [6, 6.07) is 6.19. The van der Waals surface area contributed by atoms with Gasteiger partial charge in [0.25, 0.3) is 0 Å². The molecule has 1 aromatic carbocycles. The third-order valence-corrected chi connectivity index (χ3v) is 5.58. The highest BCUT2D eigenvalue weighted by molar-refractivity contribution is 9.10. The van der Waals surface area contributed by atoms with Crippen LogP contribution in [0.15, 0.2) is 35.1 Å². The van der Waals surface area contributed by atoms with Gasteiger partial charge in [-0.05, 0) is 33.5 Å². The van der Waals surface area contributed by atoms with Crippen LogP contribution in [0.2, 0.25) is 0 Å². The van der Waals surface area contributed by atoms with Crippen LogP contribution in [0.25, 0.3) is 5.57 Å². The zero-order chi connectivity index (χ0) is 24.8. The van der Waals surface area contributed by atoms with Crippen LogP contribution >= 0.6 is 15.9 Å². The van der Waals surface area contributed by atoms with Crippen LogP contribution in [0.5, 0.6) is 5.88 Å². The van der Waals surface area contributed by atoms with Gasteiger partial charge in [0.15, 0.2) is 5.56 Å². The molecule has 12 heteroatoms. The van der Waals surface area contributed by atoms with Crippen LogP contribution in [0.3, 0.4) is 0 Å². The number of hydrogen-bond donors (Lipinski definition) is 2. The van der Waals surface area contributed by atoms with Crippen LogP contribution in [0, 0.1) is 0 Å². The smallest absolute Gasteiger partial charge is 0.424 e. The highest BCUT2D eigenvalue weighted by atomic mass is 79.9. The first-order chi connectivity index (χ1) is 15.5. The predicted molar refractivity (Wildman–Crippen MR) is 115 cm³/mol. The van der Waals surface area contributed by atoms with Gasteiger partial charge in [-0.3, -0.25) is 4.68 Å². The van der Waals surface area contributed by atoms with E-state index in [9.17, 15) is 28.2 Å². The second kappa shape index (κ2) is 11.5. The van der Waals surface area contributed by atoms with Gasteiger partial charge in [-0.25, -0.2) is 4.79 Å². The Morgan fingerprint density at radius 1 is 1.30 bits per heavy atom. The van der Waals surface area contributed by atoms with Crippen LogP contribution in [-0.2, 0) is 33.6 Å². The molecule has 1 heterocycles. The molecule has 0 bridgehead atoms. The number of halogens is 4. The number of rotatable bonds is 11. The summed E-state index contributed by atoms with van der Waals surface area (Å²) in [5.74, 6) is -1.99. The molecule has 1 aromatic heterocycles. The van der Waals surface area contributed by atoms with E-state index in [0.717, 1.165) is 10.9 Å². The zero-order valence-corrected chi connectivity index (χ0v) is 19.7. The fourth-order valence-electron chi connectivity index (χ4n) is 3.17. The highest BCUT2D eigenvalue weighted by Crippen LogP contribution is 2.41. The molecule has 0 aliphatic heterocycles. The van der Waals surface area contributed by atoms with Gasteiger partial charge in [-0.15, -0.1) is 5.10 Å². The first-order valence-electron chi connectivity index (χ1n) is 9.76. The number of nitrogens with zero attached hydrogens (tertiary/aromatic N) is 2. The molecule has 0 saturated carbocycles. The summed E-state index contributed by atoms with van der Waals surface area (Å²) in [5.41, 5.74) is -0.802. The summed E-state index contributed by atoms with van der Waals surface area (Å²) in [7, 11) is 2.68. The first-order valence-corrected chi connectivity index (χ1v) is 10.6. The van der Waals surface area contributed by atoms with E-state index in [4.69, 9.17) is 14.2 Å². The standard InChI is InChI=1S/C21H24BrF3N2O6/c1-4-16(32-3)15(28)9-27-18(22)17(21(23,24)25)19(26-27)33-10-12-7-5-6-8-13(12)14(11-31-2)20(29)30/h5-8,11,15-16,28H,4,9-10H2,1-3H3,(H,29,30)/b14-11+. The number of methoxy groups -OCH3 is 2. The van der Waals surface area contributed by atoms with Gasteiger partial charge in [0, 0.05) is 7.11 Å². The Balaban J connectivity index is 2.39. The van der Waals surface area contributed by atoms with Crippen LogP contribution in [0.4, 0.5) is 13.2 Å². The second-order valence-corrected chi connectivity index (χ2v) is 7.67. The molecule has 33 heavy (non-hydrogen) atoms. The maximum atomic E-state index is 13.7. The lowest BCUT2D eigenvalue weighted by Gasteiger charge is -2.20. The normalized spacial score (nSPS) is 14.1. The van der Waals surface area contributed by atoms with Gasteiger partial charge in [0.2, 0.25) is 5.88 Å². The fraction of sp³-hybridized carbons (Fsp3) is 0.429.